The molecule has 171 valence electrons. The highest BCUT2D eigenvalue weighted by Gasteiger charge is 2.51. The zero-order chi connectivity index (χ0) is 23.4. The SMILES string of the molecule is C/C(=C\N=C(N)[C@@H]1CCCN1C1[B]C1)c1ccc2cc(B3OC(C)(C)C(C)(C)O3)ccc2c1. The van der Waals surface area contributed by atoms with E-state index in [0.717, 1.165) is 35.4 Å². The first kappa shape index (κ1) is 22.7. The van der Waals surface area contributed by atoms with Crippen molar-refractivity contribution in [3.05, 3.63) is 48.2 Å². The van der Waals surface area contributed by atoms with Crippen LogP contribution in [0.5, 0.6) is 0 Å². The highest BCUT2D eigenvalue weighted by atomic mass is 16.7. The number of aliphatic imine (C=N–C) groups is 1. The Bertz CT molecular complexity index is 1110. The maximum Gasteiger partial charge on any atom is 0.494 e. The van der Waals surface area contributed by atoms with Crippen molar-refractivity contribution in [1.82, 2.24) is 4.90 Å². The van der Waals surface area contributed by atoms with Gasteiger partial charge in [-0.3, -0.25) is 4.90 Å². The molecule has 2 aromatic rings. The number of amidine groups is 1. The summed E-state index contributed by atoms with van der Waals surface area (Å²) in [5.74, 6) is 1.35. The molecule has 0 bridgehead atoms. The topological polar surface area (TPSA) is 60.1 Å². The van der Waals surface area contributed by atoms with Crippen LogP contribution in [-0.4, -0.2) is 54.9 Å². The van der Waals surface area contributed by atoms with E-state index >= 15 is 0 Å². The van der Waals surface area contributed by atoms with Gasteiger partial charge in [0.15, 0.2) is 0 Å². The Morgan fingerprint density at radius 3 is 2.48 bits per heavy atom. The molecule has 3 saturated heterocycles. The Morgan fingerprint density at radius 1 is 1.12 bits per heavy atom. The van der Waals surface area contributed by atoms with E-state index in [0.29, 0.717) is 5.94 Å². The van der Waals surface area contributed by atoms with Gasteiger partial charge in [0.25, 0.3) is 0 Å². The molecule has 0 amide bonds. The van der Waals surface area contributed by atoms with Crippen LogP contribution >= 0.6 is 0 Å². The summed E-state index contributed by atoms with van der Waals surface area (Å²) >= 11 is 0. The van der Waals surface area contributed by atoms with E-state index in [-0.39, 0.29) is 24.4 Å². The smallest absolute Gasteiger partial charge is 0.399 e. The van der Waals surface area contributed by atoms with Crippen LogP contribution in [0.25, 0.3) is 16.3 Å². The first-order valence-corrected chi connectivity index (χ1v) is 12.1. The molecule has 5 nitrogen and oxygen atoms in total. The first-order chi connectivity index (χ1) is 15.6. The molecule has 0 spiro atoms. The number of hydrogen-bond acceptors (Lipinski definition) is 4. The maximum atomic E-state index is 6.39. The third kappa shape index (κ3) is 4.39. The van der Waals surface area contributed by atoms with E-state index in [1.165, 1.54) is 23.5 Å². The number of rotatable bonds is 5. The summed E-state index contributed by atoms with van der Waals surface area (Å²) in [7, 11) is 2.00. The van der Waals surface area contributed by atoms with Crippen molar-refractivity contribution in [2.45, 2.75) is 77.0 Å². The molecule has 3 fully saturated rings. The van der Waals surface area contributed by atoms with Crippen LogP contribution in [0.15, 0.2) is 47.6 Å². The van der Waals surface area contributed by atoms with Gasteiger partial charge < -0.3 is 15.0 Å². The predicted octanol–water partition coefficient (Wildman–Crippen LogP) is 3.78. The molecule has 3 aliphatic heterocycles. The molecule has 2 atom stereocenters. The van der Waals surface area contributed by atoms with E-state index in [9.17, 15) is 0 Å². The number of nitrogens with two attached hydrogens (primary N) is 1. The standard InChI is InChI=1S/C26H34B2N3O2/c1-17(16-30-24(29)22-7-6-12-31(22)23-15-27-23)18-8-9-20-14-21(11-10-19(20)13-18)28-32-25(2,3)26(4,5)33-28/h8-11,13-14,16,22-23H,6-7,12,15H2,1-5H3,(H2,29,30)/b17-16+/t22-,23?/m0/s1. The van der Waals surface area contributed by atoms with E-state index in [2.05, 4.69) is 88.2 Å². The quantitative estimate of drug-likeness (QED) is 0.435. The van der Waals surface area contributed by atoms with E-state index in [1.54, 1.807) is 0 Å². The van der Waals surface area contributed by atoms with Crippen LogP contribution in [0.1, 0.15) is 53.0 Å². The number of nitrogens with zero attached hydrogens (tertiary/aromatic N) is 2. The van der Waals surface area contributed by atoms with Crippen molar-refractivity contribution in [3.8, 4) is 0 Å². The van der Waals surface area contributed by atoms with Gasteiger partial charge in [-0.05, 0) is 93.4 Å². The van der Waals surface area contributed by atoms with Crippen molar-refractivity contribution in [3.63, 3.8) is 0 Å². The summed E-state index contributed by atoms with van der Waals surface area (Å²) in [6.07, 6.45) is 5.41. The fourth-order valence-corrected chi connectivity index (χ4v) is 4.80. The lowest BCUT2D eigenvalue weighted by molar-refractivity contribution is 0.00578. The Kier molecular flexibility index (Phi) is 5.71. The third-order valence-electron chi connectivity index (χ3n) is 7.76. The van der Waals surface area contributed by atoms with Gasteiger partial charge in [-0.2, -0.15) is 0 Å². The second-order valence-electron chi connectivity index (χ2n) is 10.7. The normalized spacial score (nSPS) is 27.2. The second-order valence-corrected chi connectivity index (χ2v) is 10.7. The van der Waals surface area contributed by atoms with Gasteiger partial charge in [-0.15, -0.1) is 0 Å². The zero-order valence-electron chi connectivity index (χ0n) is 20.5. The molecule has 33 heavy (non-hydrogen) atoms. The van der Waals surface area contributed by atoms with Crippen molar-refractivity contribution in [2.75, 3.05) is 6.54 Å². The summed E-state index contributed by atoms with van der Waals surface area (Å²) in [6.45, 7) is 11.6. The summed E-state index contributed by atoms with van der Waals surface area (Å²) < 4.78 is 12.4. The van der Waals surface area contributed by atoms with Gasteiger partial charge in [0, 0.05) is 6.20 Å². The summed E-state index contributed by atoms with van der Waals surface area (Å²) in [5.41, 5.74) is 9.02. The van der Waals surface area contributed by atoms with Gasteiger partial charge in [-0.1, -0.05) is 36.7 Å². The molecule has 0 saturated carbocycles. The first-order valence-electron chi connectivity index (χ1n) is 12.1. The number of likely N-dealkylation sites (tertiary alicyclic amines) is 1. The monoisotopic (exact) mass is 442 g/mol. The molecule has 3 heterocycles. The van der Waals surface area contributed by atoms with E-state index in [4.69, 9.17) is 15.0 Å². The van der Waals surface area contributed by atoms with Crippen LogP contribution in [0.2, 0.25) is 6.32 Å². The van der Waals surface area contributed by atoms with Crippen molar-refractivity contribution in [1.29, 1.82) is 0 Å². The number of fused-ring (bicyclic) bond motifs is 1. The van der Waals surface area contributed by atoms with Crippen LogP contribution in [0.3, 0.4) is 0 Å². The van der Waals surface area contributed by atoms with Gasteiger partial charge >= 0.3 is 7.12 Å². The predicted molar refractivity (Wildman–Crippen MR) is 139 cm³/mol. The minimum absolute atomic E-state index is 0.280. The average Bonchev–Trinajstić information content (AvgIpc) is 3.45. The molecule has 3 aliphatic rings. The van der Waals surface area contributed by atoms with E-state index < -0.39 is 0 Å². The maximum absolute atomic E-state index is 6.39. The lowest BCUT2D eigenvalue weighted by Gasteiger charge is -2.32. The molecular weight excluding hydrogens is 408 g/mol. The highest BCUT2D eigenvalue weighted by molar-refractivity contribution is 6.62. The Balaban J connectivity index is 1.33. The summed E-state index contributed by atoms with van der Waals surface area (Å²) in [6, 6.07) is 13.2. The van der Waals surface area contributed by atoms with Crippen LogP contribution in [0, 0.1) is 0 Å². The van der Waals surface area contributed by atoms with Crippen LogP contribution < -0.4 is 11.2 Å². The molecular formula is C26H34B2N3O2. The molecule has 0 aliphatic carbocycles. The lowest BCUT2D eigenvalue weighted by Crippen LogP contribution is -2.42. The Hall–Kier alpha value is -2.08. The molecule has 7 heteroatoms. The lowest BCUT2D eigenvalue weighted by atomic mass is 9.78. The molecule has 2 aromatic carbocycles. The average molecular weight is 442 g/mol. The van der Waals surface area contributed by atoms with Crippen LogP contribution in [-0.2, 0) is 9.31 Å². The Morgan fingerprint density at radius 2 is 1.79 bits per heavy atom. The zero-order valence-corrected chi connectivity index (χ0v) is 20.5. The third-order valence-corrected chi connectivity index (χ3v) is 7.76. The fourth-order valence-electron chi connectivity index (χ4n) is 4.80. The number of allylic oxidation sites excluding steroid dienone is 1. The molecule has 1 radical (unpaired) electrons. The van der Waals surface area contributed by atoms with Gasteiger partial charge in [0.05, 0.1) is 17.2 Å². The van der Waals surface area contributed by atoms with Gasteiger partial charge in [0.1, 0.15) is 13.1 Å². The summed E-state index contributed by atoms with van der Waals surface area (Å²) in [4.78, 5) is 7.16. The largest absolute Gasteiger partial charge is 0.494 e. The van der Waals surface area contributed by atoms with Gasteiger partial charge in [0.2, 0.25) is 0 Å². The number of hydrogen-bond donors (Lipinski definition) is 1. The van der Waals surface area contributed by atoms with Crippen LogP contribution in [0.4, 0.5) is 0 Å². The van der Waals surface area contributed by atoms with Crippen molar-refractivity contribution < 1.29 is 9.31 Å². The molecule has 2 N–H and O–H groups in total. The molecule has 5 rings (SSSR count). The minimum atomic E-state index is -0.346. The molecule has 1 unspecified atom stereocenters. The fraction of sp³-hybridized carbons (Fsp3) is 0.500. The van der Waals surface area contributed by atoms with Crippen molar-refractivity contribution >= 4 is 42.0 Å². The minimum Gasteiger partial charge on any atom is -0.399 e. The Labute approximate surface area is 198 Å². The van der Waals surface area contributed by atoms with Crippen molar-refractivity contribution in [2.24, 2.45) is 10.7 Å². The summed E-state index contributed by atoms with van der Waals surface area (Å²) in [5, 5.41) is 2.35. The second kappa shape index (κ2) is 8.30. The number of benzene rings is 2. The highest BCUT2D eigenvalue weighted by Crippen LogP contribution is 2.36. The molecule has 0 aromatic heterocycles. The van der Waals surface area contributed by atoms with Gasteiger partial charge in [-0.25, -0.2) is 4.99 Å². The van der Waals surface area contributed by atoms with E-state index in [1.807, 2.05) is 6.20 Å².